The van der Waals surface area contributed by atoms with E-state index in [1.807, 2.05) is 33.8 Å². The molecule has 1 aromatic carbocycles. The molecule has 1 fully saturated rings. The van der Waals surface area contributed by atoms with Crippen LogP contribution < -0.4 is 0 Å². The summed E-state index contributed by atoms with van der Waals surface area (Å²) in [6, 6.07) is 7.05. The monoisotopic (exact) mass is 408 g/mol. The van der Waals surface area contributed by atoms with Gasteiger partial charge in [-0.3, -0.25) is 0 Å². The predicted molar refractivity (Wildman–Crippen MR) is 118 cm³/mol. The first-order valence-electron chi connectivity index (χ1n) is 10.7. The summed E-state index contributed by atoms with van der Waals surface area (Å²) in [5.74, 6) is 0.391. The molecule has 0 unspecified atom stereocenters. The fraction of sp³-hybridized carbons (Fsp3) is 0.625. The number of benzene rings is 1. The highest BCUT2D eigenvalue weighted by Gasteiger charge is 2.50. The molecular formula is C24H37ClO3. The fourth-order valence-electron chi connectivity index (χ4n) is 4.19. The lowest BCUT2D eigenvalue weighted by atomic mass is 9.60. The van der Waals surface area contributed by atoms with Gasteiger partial charge in [-0.1, -0.05) is 71.4 Å². The van der Waals surface area contributed by atoms with Crippen molar-refractivity contribution in [2.75, 3.05) is 0 Å². The topological polar surface area (TPSA) is 57.5 Å². The zero-order valence-electron chi connectivity index (χ0n) is 18.2. The number of halogens is 1. The molecule has 2 N–H and O–H groups in total. The van der Waals surface area contributed by atoms with Crippen LogP contribution in [0.4, 0.5) is 0 Å². The number of aliphatic hydroxyl groups is 1. The molecule has 1 aromatic rings. The van der Waals surface area contributed by atoms with Crippen LogP contribution in [0.5, 0.6) is 0 Å². The van der Waals surface area contributed by atoms with Crippen LogP contribution in [0.15, 0.2) is 35.4 Å². The second-order valence-corrected chi connectivity index (χ2v) is 8.17. The van der Waals surface area contributed by atoms with Crippen molar-refractivity contribution in [2.45, 2.75) is 78.7 Å². The van der Waals surface area contributed by atoms with Crippen LogP contribution in [0.3, 0.4) is 0 Å². The number of hydrogen-bond donors (Lipinski definition) is 2. The third-order valence-corrected chi connectivity index (χ3v) is 6.19. The molecule has 0 amide bonds. The average molecular weight is 409 g/mol. The third-order valence-electron chi connectivity index (χ3n) is 5.80. The van der Waals surface area contributed by atoms with Gasteiger partial charge in [0.05, 0.1) is 11.2 Å². The Hall–Kier alpha value is -1.32. The Morgan fingerprint density at radius 2 is 1.75 bits per heavy atom. The van der Waals surface area contributed by atoms with E-state index < -0.39 is 11.6 Å². The van der Waals surface area contributed by atoms with Crippen LogP contribution in [0, 0.1) is 17.8 Å². The number of rotatable bonds is 4. The lowest BCUT2D eigenvalue weighted by Crippen LogP contribution is -2.50. The first-order valence-corrected chi connectivity index (χ1v) is 11.1. The van der Waals surface area contributed by atoms with Gasteiger partial charge in [0.1, 0.15) is 0 Å². The van der Waals surface area contributed by atoms with Crippen molar-refractivity contribution in [3.63, 3.8) is 0 Å². The van der Waals surface area contributed by atoms with Crippen LogP contribution in [0.25, 0.3) is 0 Å². The number of carboxylic acid groups (broad SMARTS) is 1. The summed E-state index contributed by atoms with van der Waals surface area (Å²) in [4.78, 5) is 11.1. The maximum atomic E-state index is 11.1. The molecule has 0 heterocycles. The Kier molecular flexibility index (Phi) is 9.73. The van der Waals surface area contributed by atoms with Crippen molar-refractivity contribution in [3.8, 4) is 0 Å². The van der Waals surface area contributed by atoms with Crippen LogP contribution in [-0.4, -0.2) is 21.8 Å². The Balaban J connectivity index is 0.000000921. The van der Waals surface area contributed by atoms with Gasteiger partial charge in [-0.2, -0.15) is 0 Å². The Bertz CT molecular complexity index is 660. The molecular weight excluding hydrogens is 372 g/mol. The van der Waals surface area contributed by atoms with Gasteiger partial charge in [-0.15, -0.1) is 0 Å². The van der Waals surface area contributed by atoms with Gasteiger partial charge in [-0.05, 0) is 61.1 Å². The molecule has 3 nitrogen and oxygen atoms in total. The van der Waals surface area contributed by atoms with Gasteiger partial charge < -0.3 is 10.2 Å². The number of carboxylic acids is 1. The van der Waals surface area contributed by atoms with E-state index in [-0.39, 0.29) is 11.8 Å². The highest BCUT2D eigenvalue weighted by Crippen LogP contribution is 2.54. The molecule has 0 aliphatic heterocycles. The van der Waals surface area contributed by atoms with Gasteiger partial charge in [0, 0.05) is 11.0 Å². The van der Waals surface area contributed by atoms with E-state index in [1.165, 1.54) is 0 Å². The Labute approximate surface area is 175 Å². The van der Waals surface area contributed by atoms with Crippen molar-refractivity contribution in [1.82, 2.24) is 0 Å². The van der Waals surface area contributed by atoms with Crippen LogP contribution >= 0.6 is 11.6 Å². The molecule has 0 bridgehead atoms. The summed E-state index contributed by atoms with van der Waals surface area (Å²) in [7, 11) is 0. The van der Waals surface area contributed by atoms with Crippen molar-refractivity contribution < 1.29 is 15.0 Å². The summed E-state index contributed by atoms with van der Waals surface area (Å²) in [6.45, 7) is 12.4. The van der Waals surface area contributed by atoms with E-state index in [1.54, 1.807) is 18.2 Å². The van der Waals surface area contributed by atoms with Crippen molar-refractivity contribution in [1.29, 1.82) is 0 Å². The summed E-state index contributed by atoms with van der Waals surface area (Å²) in [6.07, 6.45) is 5.43. The molecule has 0 aromatic heterocycles. The fourth-order valence-corrected chi connectivity index (χ4v) is 4.67. The maximum Gasteiger partial charge on any atom is 0.335 e. The number of carbonyl (C=O) groups is 1. The molecule has 0 radical (unpaired) electrons. The number of aromatic carboxylic acids is 1. The highest BCUT2D eigenvalue weighted by atomic mass is 35.5. The van der Waals surface area contributed by atoms with E-state index in [0.29, 0.717) is 30.2 Å². The summed E-state index contributed by atoms with van der Waals surface area (Å²) >= 11 is 6.50. The van der Waals surface area contributed by atoms with Crippen molar-refractivity contribution in [3.05, 3.63) is 46.5 Å². The average Bonchev–Trinajstić information content (AvgIpc) is 2.68. The lowest BCUT2D eigenvalue weighted by Gasteiger charge is -2.50. The van der Waals surface area contributed by atoms with E-state index in [9.17, 15) is 9.90 Å². The van der Waals surface area contributed by atoms with Gasteiger partial charge in [-0.25, -0.2) is 4.79 Å². The first kappa shape index (κ1) is 24.7. The largest absolute Gasteiger partial charge is 0.478 e. The van der Waals surface area contributed by atoms with E-state index in [2.05, 4.69) is 19.9 Å². The third kappa shape index (κ3) is 5.61. The summed E-state index contributed by atoms with van der Waals surface area (Å²) < 4.78 is 0. The van der Waals surface area contributed by atoms with E-state index >= 15 is 0 Å². The minimum Gasteiger partial charge on any atom is -0.478 e. The summed E-state index contributed by atoms with van der Waals surface area (Å²) in [5, 5.41) is 20.9. The van der Waals surface area contributed by atoms with Crippen molar-refractivity contribution >= 4 is 17.6 Å². The zero-order valence-corrected chi connectivity index (χ0v) is 19.0. The van der Waals surface area contributed by atoms with Crippen LogP contribution in [0.1, 0.15) is 89.1 Å². The van der Waals surface area contributed by atoms with Crippen molar-refractivity contribution in [2.24, 2.45) is 17.8 Å². The van der Waals surface area contributed by atoms with Gasteiger partial charge in [0.15, 0.2) is 0 Å². The molecule has 0 spiro atoms. The molecule has 4 heteroatoms. The molecule has 2 aliphatic rings. The number of allylic oxidation sites excluding steroid dienone is 1. The second kappa shape index (κ2) is 11.0. The molecule has 2 aliphatic carbocycles. The normalized spacial score (nSPS) is 28.8. The van der Waals surface area contributed by atoms with Crippen LogP contribution in [-0.2, 0) is 0 Å². The quantitative estimate of drug-likeness (QED) is 0.572. The minimum atomic E-state index is -0.913. The highest BCUT2D eigenvalue weighted by molar-refractivity contribution is 6.30. The second-order valence-electron chi connectivity index (χ2n) is 7.73. The number of hydrogen-bond acceptors (Lipinski definition) is 2. The minimum absolute atomic E-state index is 0.0214. The smallest absolute Gasteiger partial charge is 0.335 e. The molecule has 28 heavy (non-hydrogen) atoms. The first-order chi connectivity index (χ1) is 13.3. The zero-order chi connectivity index (χ0) is 21.5. The SMILES string of the molecule is CC.CC.CC(C)[C@@H]1C=C(Cl)[C@H](C2(O)CC(c3cccc(C(=O)O)c3)C2)CC1. The lowest BCUT2D eigenvalue weighted by molar-refractivity contribution is -0.0887. The Morgan fingerprint density at radius 3 is 2.25 bits per heavy atom. The van der Waals surface area contributed by atoms with Gasteiger partial charge in [0.25, 0.3) is 0 Å². The van der Waals surface area contributed by atoms with Gasteiger partial charge in [0.2, 0.25) is 0 Å². The molecule has 3 rings (SSSR count). The maximum absolute atomic E-state index is 11.1. The Morgan fingerprint density at radius 1 is 1.14 bits per heavy atom. The molecule has 1 saturated carbocycles. The molecule has 2 atom stereocenters. The standard InChI is InChI=1S/C20H25ClO3.2C2H6/c1-12(2)13-6-7-17(18(21)9-13)20(24)10-16(11-20)14-4-3-5-15(8-14)19(22)23;2*1-2/h3-5,8-9,12-13,16-17,24H,6-7,10-11H2,1-2H3,(H,22,23);2*1-2H3/t13-,16?,17+,20?;;/m0../s1. The predicted octanol–water partition coefficient (Wildman–Crippen LogP) is 6.85. The van der Waals surface area contributed by atoms with Crippen LogP contribution in [0.2, 0.25) is 0 Å². The molecule has 0 saturated heterocycles. The van der Waals surface area contributed by atoms with E-state index in [4.69, 9.17) is 16.7 Å². The van der Waals surface area contributed by atoms with E-state index in [0.717, 1.165) is 23.4 Å². The van der Waals surface area contributed by atoms with Gasteiger partial charge >= 0.3 is 5.97 Å². The summed E-state index contributed by atoms with van der Waals surface area (Å²) in [5.41, 5.74) is 0.549. The molecule has 158 valence electrons.